The number of aryl methyl sites for hydroxylation is 2. The van der Waals surface area contributed by atoms with Gasteiger partial charge >= 0.3 is 0 Å². The van der Waals surface area contributed by atoms with Gasteiger partial charge in [0.05, 0.1) is 17.1 Å². The smallest absolute Gasteiger partial charge is 0.221 e. The first-order valence-corrected chi connectivity index (χ1v) is 6.47. The predicted molar refractivity (Wildman–Crippen MR) is 74.4 cm³/mol. The third kappa shape index (κ3) is 2.99. The van der Waals surface area contributed by atoms with Gasteiger partial charge in [0.2, 0.25) is 5.91 Å². The first-order valence-electron chi connectivity index (χ1n) is 6.47. The van der Waals surface area contributed by atoms with Gasteiger partial charge in [-0.1, -0.05) is 13.8 Å². The minimum absolute atomic E-state index is 0.0773. The lowest BCUT2D eigenvalue weighted by Crippen LogP contribution is -2.06. The molecule has 0 fully saturated rings. The molecule has 1 N–H and O–H groups in total. The number of nitrogens with zero attached hydrogens (tertiary/aromatic N) is 3. The van der Waals surface area contributed by atoms with E-state index in [1.54, 1.807) is 4.80 Å². The number of carbonyl (C=O) groups excluding carboxylic acids is 1. The fraction of sp³-hybridized carbons (Fsp3) is 0.357. The average molecular weight is 258 g/mol. The molecule has 1 amide bonds. The standard InChI is InChI=1S/C14H18N4O/c1-4-13-14(5-2)17-18(16-13)12-8-6-11(7-9-12)15-10(3)19/h6-9H,4-5H2,1-3H3,(H,15,19). The molecule has 5 nitrogen and oxygen atoms in total. The van der Waals surface area contributed by atoms with E-state index in [0.29, 0.717) is 0 Å². The van der Waals surface area contributed by atoms with E-state index in [4.69, 9.17) is 0 Å². The van der Waals surface area contributed by atoms with Gasteiger partial charge in [-0.15, -0.1) is 0 Å². The lowest BCUT2D eigenvalue weighted by atomic mass is 10.2. The average Bonchev–Trinajstić information content (AvgIpc) is 2.82. The van der Waals surface area contributed by atoms with Crippen molar-refractivity contribution in [1.29, 1.82) is 0 Å². The van der Waals surface area contributed by atoms with Gasteiger partial charge in [-0.2, -0.15) is 15.0 Å². The summed E-state index contributed by atoms with van der Waals surface area (Å²) in [6, 6.07) is 7.48. The first kappa shape index (κ1) is 13.3. The SMILES string of the molecule is CCc1nn(-c2ccc(NC(C)=O)cc2)nc1CC. The number of amides is 1. The van der Waals surface area contributed by atoms with Crippen LogP contribution in [0.3, 0.4) is 0 Å². The molecule has 0 atom stereocenters. The molecule has 0 unspecified atom stereocenters. The van der Waals surface area contributed by atoms with Gasteiger partial charge < -0.3 is 5.32 Å². The molecule has 5 heteroatoms. The Bertz CT molecular complexity index is 550. The van der Waals surface area contributed by atoms with Crippen LogP contribution in [0.4, 0.5) is 5.69 Å². The fourth-order valence-electron chi connectivity index (χ4n) is 1.91. The maximum absolute atomic E-state index is 11.0. The van der Waals surface area contributed by atoms with Crippen LogP contribution in [0.1, 0.15) is 32.2 Å². The quantitative estimate of drug-likeness (QED) is 0.915. The summed E-state index contributed by atoms with van der Waals surface area (Å²) in [5.41, 5.74) is 3.74. The van der Waals surface area contributed by atoms with Crippen molar-refractivity contribution in [2.24, 2.45) is 0 Å². The van der Waals surface area contributed by atoms with Crippen molar-refractivity contribution < 1.29 is 4.79 Å². The second-order valence-electron chi connectivity index (χ2n) is 4.32. The number of aromatic nitrogens is 3. The molecule has 0 saturated heterocycles. The number of nitrogens with one attached hydrogen (secondary N) is 1. The summed E-state index contributed by atoms with van der Waals surface area (Å²) >= 11 is 0. The van der Waals surface area contributed by atoms with Crippen LogP contribution in [0.5, 0.6) is 0 Å². The second kappa shape index (κ2) is 5.65. The molecule has 0 radical (unpaired) electrons. The van der Waals surface area contributed by atoms with Crippen molar-refractivity contribution in [2.75, 3.05) is 5.32 Å². The lowest BCUT2D eigenvalue weighted by molar-refractivity contribution is -0.114. The van der Waals surface area contributed by atoms with E-state index >= 15 is 0 Å². The fourth-order valence-corrected chi connectivity index (χ4v) is 1.91. The minimum atomic E-state index is -0.0773. The van der Waals surface area contributed by atoms with Crippen LogP contribution in [0, 0.1) is 0 Å². The molecular weight excluding hydrogens is 240 g/mol. The molecule has 100 valence electrons. The van der Waals surface area contributed by atoms with Crippen LogP contribution in [-0.2, 0) is 17.6 Å². The summed E-state index contributed by atoms with van der Waals surface area (Å²) in [4.78, 5) is 12.6. The molecule has 0 aliphatic heterocycles. The Morgan fingerprint density at radius 2 is 1.63 bits per heavy atom. The Kier molecular flexibility index (Phi) is 3.94. The first-order chi connectivity index (χ1) is 9.13. The van der Waals surface area contributed by atoms with E-state index in [1.807, 2.05) is 24.3 Å². The molecule has 1 aromatic carbocycles. The van der Waals surface area contributed by atoms with E-state index in [0.717, 1.165) is 35.6 Å². The Balaban J connectivity index is 2.26. The molecule has 1 heterocycles. The molecule has 19 heavy (non-hydrogen) atoms. The monoisotopic (exact) mass is 258 g/mol. The maximum Gasteiger partial charge on any atom is 0.221 e. The number of hydrogen-bond donors (Lipinski definition) is 1. The highest BCUT2D eigenvalue weighted by atomic mass is 16.1. The molecule has 2 rings (SSSR count). The summed E-state index contributed by atoms with van der Waals surface area (Å²) in [6.07, 6.45) is 1.76. The summed E-state index contributed by atoms with van der Waals surface area (Å²) in [5.74, 6) is -0.0773. The van der Waals surface area contributed by atoms with Gasteiger partial charge in [0.1, 0.15) is 0 Å². The van der Waals surface area contributed by atoms with E-state index in [1.165, 1.54) is 6.92 Å². The summed E-state index contributed by atoms with van der Waals surface area (Å²) in [6.45, 7) is 5.64. The van der Waals surface area contributed by atoms with Crippen LogP contribution >= 0.6 is 0 Å². The third-order valence-electron chi connectivity index (χ3n) is 2.85. The zero-order chi connectivity index (χ0) is 13.8. The molecular formula is C14H18N4O. The van der Waals surface area contributed by atoms with Crippen molar-refractivity contribution in [1.82, 2.24) is 15.0 Å². The highest BCUT2D eigenvalue weighted by molar-refractivity contribution is 5.88. The molecule has 0 aliphatic carbocycles. The van der Waals surface area contributed by atoms with Gasteiger partial charge in [-0.05, 0) is 37.1 Å². The lowest BCUT2D eigenvalue weighted by Gasteiger charge is -2.03. The third-order valence-corrected chi connectivity index (χ3v) is 2.85. The normalized spacial score (nSPS) is 10.5. The summed E-state index contributed by atoms with van der Waals surface area (Å²) in [5, 5.41) is 11.7. The van der Waals surface area contributed by atoms with Gasteiger partial charge in [0, 0.05) is 12.6 Å². The van der Waals surface area contributed by atoms with E-state index in [2.05, 4.69) is 29.4 Å². The van der Waals surface area contributed by atoms with Crippen LogP contribution in [-0.4, -0.2) is 20.9 Å². The molecule has 0 saturated carbocycles. The largest absolute Gasteiger partial charge is 0.326 e. The summed E-state index contributed by atoms with van der Waals surface area (Å²) < 4.78 is 0. The van der Waals surface area contributed by atoms with E-state index in [9.17, 15) is 4.79 Å². The van der Waals surface area contributed by atoms with Gasteiger partial charge in [-0.25, -0.2) is 0 Å². The molecule has 0 aliphatic rings. The van der Waals surface area contributed by atoms with Crippen molar-refractivity contribution in [3.05, 3.63) is 35.7 Å². The van der Waals surface area contributed by atoms with Crippen molar-refractivity contribution in [3.63, 3.8) is 0 Å². The Labute approximate surface area is 112 Å². The van der Waals surface area contributed by atoms with Crippen LogP contribution in [0.2, 0.25) is 0 Å². The van der Waals surface area contributed by atoms with Crippen molar-refractivity contribution in [3.8, 4) is 5.69 Å². The summed E-state index contributed by atoms with van der Waals surface area (Å²) in [7, 11) is 0. The number of benzene rings is 1. The van der Waals surface area contributed by atoms with Crippen molar-refractivity contribution in [2.45, 2.75) is 33.6 Å². The molecule has 1 aromatic heterocycles. The highest BCUT2D eigenvalue weighted by Crippen LogP contribution is 2.14. The van der Waals surface area contributed by atoms with Gasteiger partial charge in [0.15, 0.2) is 0 Å². The van der Waals surface area contributed by atoms with Crippen LogP contribution < -0.4 is 5.32 Å². The minimum Gasteiger partial charge on any atom is -0.326 e. The highest BCUT2D eigenvalue weighted by Gasteiger charge is 2.08. The molecule has 2 aromatic rings. The second-order valence-corrected chi connectivity index (χ2v) is 4.32. The Morgan fingerprint density at radius 3 is 2.05 bits per heavy atom. The van der Waals surface area contributed by atoms with E-state index in [-0.39, 0.29) is 5.91 Å². The van der Waals surface area contributed by atoms with Crippen LogP contribution in [0.15, 0.2) is 24.3 Å². The van der Waals surface area contributed by atoms with Crippen molar-refractivity contribution >= 4 is 11.6 Å². The zero-order valence-corrected chi connectivity index (χ0v) is 11.5. The zero-order valence-electron chi connectivity index (χ0n) is 11.5. The number of hydrogen-bond acceptors (Lipinski definition) is 3. The Hall–Kier alpha value is -2.17. The number of carbonyl (C=O) groups is 1. The Morgan fingerprint density at radius 1 is 1.11 bits per heavy atom. The molecule has 0 spiro atoms. The number of rotatable bonds is 4. The maximum atomic E-state index is 11.0. The van der Waals surface area contributed by atoms with Gasteiger partial charge in [0.25, 0.3) is 0 Å². The van der Waals surface area contributed by atoms with Gasteiger partial charge in [-0.3, -0.25) is 4.79 Å². The molecule has 0 bridgehead atoms. The number of anilines is 1. The van der Waals surface area contributed by atoms with E-state index < -0.39 is 0 Å². The topological polar surface area (TPSA) is 59.8 Å². The predicted octanol–water partition coefficient (Wildman–Crippen LogP) is 2.35. The van der Waals surface area contributed by atoms with Crippen LogP contribution in [0.25, 0.3) is 5.69 Å².